The summed E-state index contributed by atoms with van der Waals surface area (Å²) in [7, 11) is 3.74. The third-order valence-electron chi connectivity index (χ3n) is 4.67. The summed E-state index contributed by atoms with van der Waals surface area (Å²) in [6, 6.07) is 15.2. The molecule has 0 saturated carbocycles. The summed E-state index contributed by atoms with van der Waals surface area (Å²) in [6.45, 7) is 4.83. The molecule has 0 spiro atoms. The molecule has 27 heavy (non-hydrogen) atoms. The van der Waals surface area contributed by atoms with Crippen LogP contribution in [0.2, 0.25) is 0 Å². The zero-order valence-electron chi connectivity index (χ0n) is 16.0. The van der Waals surface area contributed by atoms with Crippen molar-refractivity contribution in [2.24, 2.45) is 4.99 Å². The number of guanidine groups is 1. The zero-order valence-corrected chi connectivity index (χ0v) is 16.0. The van der Waals surface area contributed by atoms with E-state index in [9.17, 15) is 4.39 Å². The van der Waals surface area contributed by atoms with Crippen molar-refractivity contribution in [3.8, 4) is 0 Å². The standard InChI is InChI=1S/C21H27FN4O/c1-23-21(25(2)16-18-3-7-19(22)8-4-18)24-15-17-5-9-20(10-6-17)26-11-13-27-14-12-26/h3-10H,11-16H2,1-2H3,(H,23,24). The van der Waals surface area contributed by atoms with E-state index in [1.54, 1.807) is 19.2 Å². The molecule has 0 atom stereocenters. The number of anilines is 1. The molecule has 0 unspecified atom stereocenters. The van der Waals surface area contributed by atoms with Crippen LogP contribution < -0.4 is 10.2 Å². The van der Waals surface area contributed by atoms with Gasteiger partial charge >= 0.3 is 0 Å². The quantitative estimate of drug-likeness (QED) is 0.649. The van der Waals surface area contributed by atoms with E-state index in [0.29, 0.717) is 13.1 Å². The summed E-state index contributed by atoms with van der Waals surface area (Å²) in [5, 5.41) is 3.38. The minimum absolute atomic E-state index is 0.218. The number of halogens is 1. The molecule has 144 valence electrons. The molecular formula is C21H27FN4O. The second kappa shape index (κ2) is 9.37. The highest BCUT2D eigenvalue weighted by Crippen LogP contribution is 2.16. The molecule has 1 fully saturated rings. The number of benzene rings is 2. The van der Waals surface area contributed by atoms with E-state index in [1.165, 1.54) is 23.4 Å². The number of hydrogen-bond acceptors (Lipinski definition) is 3. The van der Waals surface area contributed by atoms with Crippen molar-refractivity contribution in [2.75, 3.05) is 45.3 Å². The fraction of sp³-hybridized carbons (Fsp3) is 0.381. The third kappa shape index (κ3) is 5.44. The van der Waals surface area contributed by atoms with Gasteiger partial charge in [-0.1, -0.05) is 24.3 Å². The molecule has 1 heterocycles. The lowest BCUT2D eigenvalue weighted by molar-refractivity contribution is 0.122. The first kappa shape index (κ1) is 19.2. The number of nitrogens with zero attached hydrogens (tertiary/aromatic N) is 3. The van der Waals surface area contributed by atoms with Gasteiger partial charge in [0.25, 0.3) is 0 Å². The van der Waals surface area contributed by atoms with Crippen molar-refractivity contribution in [1.82, 2.24) is 10.2 Å². The van der Waals surface area contributed by atoms with Crippen molar-refractivity contribution in [3.05, 3.63) is 65.5 Å². The van der Waals surface area contributed by atoms with Crippen LogP contribution in [-0.4, -0.2) is 51.3 Å². The van der Waals surface area contributed by atoms with Gasteiger partial charge in [-0.25, -0.2) is 4.39 Å². The summed E-state index contributed by atoms with van der Waals surface area (Å²) in [6.07, 6.45) is 0. The van der Waals surface area contributed by atoms with E-state index >= 15 is 0 Å². The predicted octanol–water partition coefficient (Wildman–Crippen LogP) is 2.87. The summed E-state index contributed by atoms with van der Waals surface area (Å²) < 4.78 is 18.5. The maximum atomic E-state index is 13.0. The number of nitrogens with one attached hydrogen (secondary N) is 1. The second-order valence-electron chi connectivity index (χ2n) is 6.65. The van der Waals surface area contributed by atoms with Crippen molar-refractivity contribution >= 4 is 11.6 Å². The molecule has 1 aliphatic rings. The van der Waals surface area contributed by atoms with Gasteiger partial charge in [0, 0.05) is 46.0 Å². The van der Waals surface area contributed by atoms with E-state index in [0.717, 1.165) is 37.8 Å². The lowest BCUT2D eigenvalue weighted by Crippen LogP contribution is -2.38. The average molecular weight is 370 g/mol. The first-order valence-electron chi connectivity index (χ1n) is 9.23. The van der Waals surface area contributed by atoms with Crippen LogP contribution >= 0.6 is 0 Å². The summed E-state index contributed by atoms with van der Waals surface area (Å²) in [5.41, 5.74) is 3.47. The molecule has 6 heteroatoms. The first-order chi connectivity index (χ1) is 13.2. The Kier molecular flexibility index (Phi) is 6.65. The van der Waals surface area contributed by atoms with Crippen molar-refractivity contribution in [1.29, 1.82) is 0 Å². The maximum absolute atomic E-state index is 13.0. The highest BCUT2D eigenvalue weighted by Gasteiger charge is 2.11. The van der Waals surface area contributed by atoms with Gasteiger partial charge in [-0.05, 0) is 35.4 Å². The molecule has 1 aliphatic heterocycles. The van der Waals surface area contributed by atoms with Crippen LogP contribution in [0.25, 0.3) is 0 Å². The lowest BCUT2D eigenvalue weighted by Gasteiger charge is -2.29. The summed E-state index contributed by atoms with van der Waals surface area (Å²) >= 11 is 0. The highest BCUT2D eigenvalue weighted by molar-refractivity contribution is 5.79. The summed E-state index contributed by atoms with van der Waals surface area (Å²) in [4.78, 5) is 8.71. The molecule has 0 aliphatic carbocycles. The Labute approximate surface area is 160 Å². The van der Waals surface area contributed by atoms with E-state index in [1.807, 2.05) is 11.9 Å². The van der Waals surface area contributed by atoms with Crippen LogP contribution in [0, 0.1) is 5.82 Å². The largest absolute Gasteiger partial charge is 0.378 e. The smallest absolute Gasteiger partial charge is 0.193 e. The van der Waals surface area contributed by atoms with E-state index in [4.69, 9.17) is 4.74 Å². The minimum Gasteiger partial charge on any atom is -0.378 e. The third-order valence-corrected chi connectivity index (χ3v) is 4.67. The molecule has 0 bridgehead atoms. The second-order valence-corrected chi connectivity index (χ2v) is 6.65. The number of aliphatic imine (C=N–C) groups is 1. The van der Waals surface area contributed by atoms with E-state index in [2.05, 4.69) is 39.5 Å². The van der Waals surface area contributed by atoms with Gasteiger partial charge < -0.3 is 19.9 Å². The molecule has 0 radical (unpaired) electrons. The first-order valence-corrected chi connectivity index (χ1v) is 9.23. The zero-order chi connectivity index (χ0) is 19.1. The molecule has 0 aromatic heterocycles. The molecule has 1 saturated heterocycles. The molecule has 5 nitrogen and oxygen atoms in total. The van der Waals surface area contributed by atoms with Crippen LogP contribution in [0.5, 0.6) is 0 Å². The number of ether oxygens (including phenoxy) is 1. The van der Waals surface area contributed by atoms with Crippen LogP contribution in [-0.2, 0) is 17.8 Å². The number of hydrogen-bond donors (Lipinski definition) is 1. The van der Waals surface area contributed by atoms with Crippen LogP contribution in [0.4, 0.5) is 10.1 Å². The Balaban J connectivity index is 1.53. The van der Waals surface area contributed by atoms with Gasteiger partial charge in [0.1, 0.15) is 5.82 Å². The van der Waals surface area contributed by atoms with Crippen LogP contribution in [0.3, 0.4) is 0 Å². The van der Waals surface area contributed by atoms with Crippen LogP contribution in [0.15, 0.2) is 53.5 Å². The van der Waals surface area contributed by atoms with E-state index < -0.39 is 0 Å². The molecular weight excluding hydrogens is 343 g/mol. The number of rotatable bonds is 5. The molecule has 2 aromatic rings. The van der Waals surface area contributed by atoms with Crippen LogP contribution in [0.1, 0.15) is 11.1 Å². The van der Waals surface area contributed by atoms with Gasteiger partial charge in [-0.15, -0.1) is 0 Å². The molecule has 3 rings (SSSR count). The average Bonchev–Trinajstić information content (AvgIpc) is 2.71. The number of morpholine rings is 1. The summed E-state index contributed by atoms with van der Waals surface area (Å²) in [5.74, 6) is 0.584. The van der Waals surface area contributed by atoms with Gasteiger partial charge in [-0.2, -0.15) is 0 Å². The normalized spacial score (nSPS) is 14.9. The van der Waals surface area contributed by atoms with Crippen molar-refractivity contribution < 1.29 is 9.13 Å². The topological polar surface area (TPSA) is 40.1 Å². The predicted molar refractivity (Wildman–Crippen MR) is 108 cm³/mol. The van der Waals surface area contributed by atoms with Gasteiger partial charge in [0.15, 0.2) is 5.96 Å². The Morgan fingerprint density at radius 3 is 2.33 bits per heavy atom. The van der Waals surface area contributed by atoms with Gasteiger partial charge in [-0.3, -0.25) is 4.99 Å². The lowest BCUT2D eigenvalue weighted by atomic mass is 10.2. The van der Waals surface area contributed by atoms with E-state index in [-0.39, 0.29) is 5.82 Å². The highest BCUT2D eigenvalue weighted by atomic mass is 19.1. The Bertz CT molecular complexity index is 740. The molecule has 2 aromatic carbocycles. The maximum Gasteiger partial charge on any atom is 0.193 e. The minimum atomic E-state index is -0.218. The molecule has 1 N–H and O–H groups in total. The fourth-order valence-corrected chi connectivity index (χ4v) is 3.15. The van der Waals surface area contributed by atoms with Crippen molar-refractivity contribution in [2.45, 2.75) is 13.1 Å². The monoisotopic (exact) mass is 370 g/mol. The Hall–Kier alpha value is -2.60. The Morgan fingerprint density at radius 1 is 1.07 bits per heavy atom. The fourth-order valence-electron chi connectivity index (χ4n) is 3.15. The molecule has 0 amide bonds. The van der Waals surface area contributed by atoms with Gasteiger partial charge in [0.2, 0.25) is 0 Å². The SMILES string of the molecule is CN=C(NCc1ccc(N2CCOCC2)cc1)N(C)Cc1ccc(F)cc1. The Morgan fingerprint density at radius 2 is 1.70 bits per heavy atom. The van der Waals surface area contributed by atoms with Gasteiger partial charge in [0.05, 0.1) is 13.2 Å². The van der Waals surface area contributed by atoms with Crippen molar-refractivity contribution in [3.63, 3.8) is 0 Å².